The fourth-order valence-corrected chi connectivity index (χ4v) is 3.93. The highest BCUT2D eigenvalue weighted by molar-refractivity contribution is 14.0. The van der Waals surface area contributed by atoms with Gasteiger partial charge in [-0.2, -0.15) is 0 Å². The van der Waals surface area contributed by atoms with Gasteiger partial charge in [-0.3, -0.25) is 4.99 Å². The van der Waals surface area contributed by atoms with Gasteiger partial charge < -0.3 is 20.4 Å². The molecule has 0 aromatic heterocycles. The zero-order valence-corrected chi connectivity index (χ0v) is 20.4. The van der Waals surface area contributed by atoms with Crippen LogP contribution in [0.5, 0.6) is 0 Å². The summed E-state index contributed by atoms with van der Waals surface area (Å²) in [6.07, 6.45) is 2.02. The molecule has 1 atom stereocenters. The van der Waals surface area contributed by atoms with E-state index in [1.807, 2.05) is 12.1 Å². The average Bonchev–Trinajstić information content (AvgIpc) is 3.47. The topological polar surface area (TPSA) is 42.9 Å². The summed E-state index contributed by atoms with van der Waals surface area (Å²) >= 11 is 0. The molecule has 7 heteroatoms. The molecule has 1 aromatic carbocycles. The Morgan fingerprint density at radius 3 is 2.48 bits per heavy atom. The number of hydrogen-bond donors (Lipinski definition) is 2. The maximum Gasteiger partial charge on any atom is 0.191 e. The van der Waals surface area contributed by atoms with Crippen LogP contribution in [-0.4, -0.2) is 75.2 Å². The van der Waals surface area contributed by atoms with Crippen molar-refractivity contribution in [3.05, 3.63) is 35.6 Å². The van der Waals surface area contributed by atoms with Crippen LogP contribution in [0.25, 0.3) is 0 Å². The normalized spacial score (nSPS) is 20.6. The monoisotopic (exact) mass is 517 g/mol. The van der Waals surface area contributed by atoms with Gasteiger partial charge in [-0.1, -0.05) is 25.1 Å². The minimum absolute atomic E-state index is 0. The van der Waals surface area contributed by atoms with Crippen molar-refractivity contribution < 1.29 is 4.39 Å². The van der Waals surface area contributed by atoms with Crippen LogP contribution in [0.2, 0.25) is 0 Å². The number of hydrogen-bond acceptors (Lipinski definition) is 3. The molecule has 0 bridgehead atoms. The second-order valence-electron chi connectivity index (χ2n) is 8.55. The molecular weight excluding hydrogens is 480 g/mol. The Balaban J connectivity index is 0.00000300. The molecule has 3 rings (SSSR count). The van der Waals surface area contributed by atoms with Crippen molar-refractivity contribution in [1.82, 2.24) is 20.4 Å². The zero-order valence-electron chi connectivity index (χ0n) is 18.1. The van der Waals surface area contributed by atoms with Gasteiger partial charge in [0.1, 0.15) is 5.82 Å². The SMILES string of the molecule is CCNC(=NCC1(c2ccccc2F)CC1)NCC(C)CN1CCN(C)CC1.I. The van der Waals surface area contributed by atoms with Crippen molar-refractivity contribution in [2.75, 3.05) is 59.4 Å². The predicted molar refractivity (Wildman–Crippen MR) is 130 cm³/mol. The maximum absolute atomic E-state index is 14.2. The number of guanidine groups is 1. The molecule has 1 saturated heterocycles. The third kappa shape index (κ3) is 7.07. The fourth-order valence-electron chi connectivity index (χ4n) is 3.93. The first-order valence-corrected chi connectivity index (χ1v) is 10.7. The number of aliphatic imine (C=N–C) groups is 1. The van der Waals surface area contributed by atoms with Crippen LogP contribution < -0.4 is 10.6 Å². The Labute approximate surface area is 192 Å². The zero-order chi connectivity index (χ0) is 20.0. The van der Waals surface area contributed by atoms with Crippen molar-refractivity contribution in [1.29, 1.82) is 0 Å². The van der Waals surface area contributed by atoms with Gasteiger partial charge >= 0.3 is 0 Å². The molecule has 2 fully saturated rings. The van der Waals surface area contributed by atoms with Crippen molar-refractivity contribution in [2.45, 2.75) is 32.1 Å². The molecule has 5 nitrogen and oxygen atoms in total. The Kier molecular flexibility index (Phi) is 9.62. The number of halogens is 2. The lowest BCUT2D eigenvalue weighted by Crippen LogP contribution is -2.47. The summed E-state index contributed by atoms with van der Waals surface area (Å²) in [5.74, 6) is 1.29. The Bertz CT molecular complexity index is 656. The van der Waals surface area contributed by atoms with E-state index in [0.717, 1.165) is 70.2 Å². The third-order valence-electron chi connectivity index (χ3n) is 5.97. The molecule has 2 N–H and O–H groups in total. The number of nitrogens with zero attached hydrogens (tertiary/aromatic N) is 3. The van der Waals surface area contributed by atoms with E-state index >= 15 is 0 Å². The van der Waals surface area contributed by atoms with Gasteiger partial charge in [0.25, 0.3) is 0 Å². The first-order chi connectivity index (χ1) is 13.5. The lowest BCUT2D eigenvalue weighted by Gasteiger charge is -2.34. The third-order valence-corrected chi connectivity index (χ3v) is 5.97. The molecule has 2 aliphatic rings. The summed E-state index contributed by atoms with van der Waals surface area (Å²) < 4.78 is 14.2. The van der Waals surface area contributed by atoms with Crippen LogP contribution in [0.15, 0.2) is 29.3 Å². The van der Waals surface area contributed by atoms with Gasteiger partial charge in [-0.25, -0.2) is 4.39 Å². The van der Waals surface area contributed by atoms with Crippen molar-refractivity contribution in [2.24, 2.45) is 10.9 Å². The Morgan fingerprint density at radius 1 is 1.17 bits per heavy atom. The van der Waals surface area contributed by atoms with E-state index in [1.54, 1.807) is 12.1 Å². The first kappa shape index (κ1) is 24.3. The standard InChI is InChI=1S/C22H36FN5.HI/c1-4-24-21(25-15-18(2)16-28-13-11-27(3)12-14-28)26-17-22(9-10-22)19-7-5-6-8-20(19)23;/h5-8,18H,4,9-17H2,1-3H3,(H2,24,25,26);1H. The lowest BCUT2D eigenvalue weighted by molar-refractivity contribution is 0.139. The highest BCUT2D eigenvalue weighted by Crippen LogP contribution is 2.49. The second kappa shape index (κ2) is 11.5. The Morgan fingerprint density at radius 2 is 1.86 bits per heavy atom. The van der Waals surface area contributed by atoms with Crippen LogP contribution in [0.1, 0.15) is 32.3 Å². The molecule has 0 amide bonds. The summed E-state index contributed by atoms with van der Waals surface area (Å²) in [4.78, 5) is 9.74. The number of piperazine rings is 1. The molecule has 1 heterocycles. The highest BCUT2D eigenvalue weighted by atomic mass is 127. The van der Waals surface area contributed by atoms with Crippen molar-refractivity contribution in [3.8, 4) is 0 Å². The highest BCUT2D eigenvalue weighted by Gasteiger charge is 2.45. The molecular formula is C22H37FIN5. The Hall–Kier alpha value is -0.930. The molecule has 29 heavy (non-hydrogen) atoms. The molecule has 1 aliphatic carbocycles. The molecule has 0 spiro atoms. The predicted octanol–water partition coefficient (Wildman–Crippen LogP) is 2.91. The van der Waals surface area contributed by atoms with E-state index in [0.29, 0.717) is 12.5 Å². The average molecular weight is 517 g/mol. The second-order valence-corrected chi connectivity index (χ2v) is 8.55. The molecule has 1 aromatic rings. The summed E-state index contributed by atoms with van der Waals surface area (Å²) in [6, 6.07) is 7.15. The quantitative estimate of drug-likeness (QED) is 0.316. The summed E-state index contributed by atoms with van der Waals surface area (Å²) in [5, 5.41) is 6.83. The summed E-state index contributed by atoms with van der Waals surface area (Å²) in [7, 11) is 2.19. The van der Waals surface area contributed by atoms with E-state index in [-0.39, 0.29) is 35.2 Å². The van der Waals surface area contributed by atoms with E-state index in [1.165, 1.54) is 0 Å². The van der Waals surface area contributed by atoms with Crippen LogP contribution in [0.4, 0.5) is 4.39 Å². The number of likely N-dealkylation sites (N-methyl/N-ethyl adjacent to an activating group) is 1. The number of rotatable bonds is 8. The van der Waals surface area contributed by atoms with Gasteiger partial charge in [0, 0.05) is 51.2 Å². The molecule has 1 unspecified atom stereocenters. The van der Waals surface area contributed by atoms with Crippen LogP contribution in [-0.2, 0) is 5.41 Å². The lowest BCUT2D eigenvalue weighted by atomic mass is 9.95. The van der Waals surface area contributed by atoms with Gasteiger partial charge in [0.05, 0.1) is 6.54 Å². The van der Waals surface area contributed by atoms with Gasteiger partial charge in [-0.15, -0.1) is 24.0 Å². The molecule has 1 aliphatic heterocycles. The van der Waals surface area contributed by atoms with E-state index in [2.05, 4.69) is 41.3 Å². The fraction of sp³-hybridized carbons (Fsp3) is 0.682. The smallest absolute Gasteiger partial charge is 0.191 e. The van der Waals surface area contributed by atoms with Gasteiger partial charge in [0.15, 0.2) is 5.96 Å². The molecule has 1 saturated carbocycles. The van der Waals surface area contributed by atoms with Crippen LogP contribution in [0, 0.1) is 11.7 Å². The van der Waals surface area contributed by atoms with E-state index in [4.69, 9.17) is 4.99 Å². The number of nitrogens with one attached hydrogen (secondary N) is 2. The minimum Gasteiger partial charge on any atom is -0.357 e. The van der Waals surface area contributed by atoms with Crippen molar-refractivity contribution >= 4 is 29.9 Å². The van der Waals surface area contributed by atoms with E-state index < -0.39 is 0 Å². The molecule has 0 radical (unpaired) electrons. The number of benzene rings is 1. The molecule has 164 valence electrons. The largest absolute Gasteiger partial charge is 0.357 e. The van der Waals surface area contributed by atoms with Gasteiger partial charge in [0.2, 0.25) is 0 Å². The van der Waals surface area contributed by atoms with E-state index in [9.17, 15) is 4.39 Å². The van der Waals surface area contributed by atoms with Crippen LogP contribution >= 0.6 is 24.0 Å². The van der Waals surface area contributed by atoms with Gasteiger partial charge in [-0.05, 0) is 44.4 Å². The summed E-state index contributed by atoms with van der Waals surface area (Å²) in [5.41, 5.74) is 0.706. The first-order valence-electron chi connectivity index (χ1n) is 10.7. The van der Waals surface area contributed by atoms with Crippen LogP contribution in [0.3, 0.4) is 0 Å². The summed E-state index contributed by atoms with van der Waals surface area (Å²) in [6.45, 7) is 12.4. The maximum atomic E-state index is 14.2. The minimum atomic E-state index is -0.112. The van der Waals surface area contributed by atoms with Crippen molar-refractivity contribution in [3.63, 3.8) is 0 Å².